The van der Waals surface area contributed by atoms with Crippen LogP contribution < -0.4 is 0 Å². The first-order valence-corrected chi connectivity index (χ1v) is 8.15. The van der Waals surface area contributed by atoms with Gasteiger partial charge in [0.15, 0.2) is 0 Å². The number of carbonyl (C=O) groups excluding carboxylic acids is 1. The minimum atomic E-state index is 0.216. The van der Waals surface area contributed by atoms with Gasteiger partial charge < -0.3 is 4.48 Å². The predicted octanol–water partition coefficient (Wildman–Crippen LogP) is 2.93. The Labute approximate surface area is 116 Å². The van der Waals surface area contributed by atoms with Crippen LogP contribution in [0.4, 0.5) is 0 Å². The summed E-state index contributed by atoms with van der Waals surface area (Å²) < 4.78 is 1.18. The maximum Gasteiger partial charge on any atom is 0.143 e. The Bertz CT molecular complexity index is 468. The predicted molar refractivity (Wildman–Crippen MR) is 75.6 cm³/mol. The summed E-state index contributed by atoms with van der Waals surface area (Å²) in [7, 11) is 2.45. The van der Waals surface area contributed by atoms with E-state index in [-0.39, 0.29) is 5.54 Å². The molecule has 2 nitrogen and oxygen atoms in total. The maximum atomic E-state index is 12.7. The smallest absolute Gasteiger partial charge is 0.143 e. The van der Waals surface area contributed by atoms with Gasteiger partial charge in [-0.15, -0.1) is 0 Å². The average Bonchev–Trinajstić information content (AvgIpc) is 2.34. The molecule has 19 heavy (non-hydrogen) atoms. The summed E-state index contributed by atoms with van der Waals surface area (Å²) in [4.78, 5) is 12.7. The number of Topliss-reactive ketones (excluding diaryl/α,β-unsaturated/α-hetero) is 1. The van der Waals surface area contributed by atoms with Crippen molar-refractivity contribution in [1.82, 2.24) is 0 Å². The van der Waals surface area contributed by atoms with Gasteiger partial charge in [0, 0.05) is 19.3 Å². The van der Waals surface area contributed by atoms with Crippen LogP contribution in [0, 0.1) is 17.8 Å². The molecule has 0 N–H and O–H groups in total. The fourth-order valence-corrected chi connectivity index (χ4v) is 6.20. The van der Waals surface area contributed by atoms with E-state index in [4.69, 9.17) is 0 Å². The molecular weight excluding hydrogens is 234 g/mol. The number of rotatable bonds is 0. The summed E-state index contributed by atoms with van der Waals surface area (Å²) in [5.41, 5.74) is 1.93. The lowest BCUT2D eigenvalue weighted by Crippen LogP contribution is -2.75. The summed E-state index contributed by atoms with van der Waals surface area (Å²) in [5.74, 6) is 2.33. The minimum Gasteiger partial charge on any atom is -0.317 e. The molecule has 1 saturated heterocycles. The van der Waals surface area contributed by atoms with Crippen molar-refractivity contribution in [3.05, 3.63) is 11.6 Å². The lowest BCUT2D eigenvalue weighted by Gasteiger charge is -2.65. The van der Waals surface area contributed by atoms with Crippen LogP contribution in [0.2, 0.25) is 0 Å². The van der Waals surface area contributed by atoms with Gasteiger partial charge >= 0.3 is 0 Å². The highest BCUT2D eigenvalue weighted by Gasteiger charge is 2.66. The largest absolute Gasteiger partial charge is 0.317 e. The molecule has 1 unspecified atom stereocenters. The topological polar surface area (TPSA) is 17.1 Å². The van der Waals surface area contributed by atoms with Gasteiger partial charge in [0.1, 0.15) is 11.3 Å². The summed E-state index contributed by atoms with van der Waals surface area (Å²) in [6.45, 7) is 4.96. The van der Waals surface area contributed by atoms with Gasteiger partial charge in [-0.25, -0.2) is 0 Å². The van der Waals surface area contributed by atoms with E-state index in [9.17, 15) is 4.79 Å². The molecule has 0 amide bonds. The van der Waals surface area contributed by atoms with Crippen LogP contribution in [0.25, 0.3) is 0 Å². The van der Waals surface area contributed by atoms with Crippen molar-refractivity contribution in [1.29, 1.82) is 0 Å². The summed E-state index contributed by atoms with van der Waals surface area (Å²) in [6.07, 6.45) is 9.56. The SMILES string of the molecule is C[C@@H]1C[C@@H]2CC(=O)[C@H]3CCC[N+]4(C)CCC=C2[C@@]34C1. The highest BCUT2D eigenvalue weighted by atomic mass is 16.1. The van der Waals surface area contributed by atoms with E-state index < -0.39 is 0 Å². The monoisotopic (exact) mass is 260 g/mol. The van der Waals surface area contributed by atoms with Crippen molar-refractivity contribution in [2.45, 2.75) is 51.0 Å². The maximum absolute atomic E-state index is 12.7. The molecule has 3 fully saturated rings. The summed E-state index contributed by atoms with van der Waals surface area (Å²) in [5, 5.41) is 0. The normalized spacial score (nSPS) is 52.4. The number of carbonyl (C=O) groups is 1. The Morgan fingerprint density at radius 1 is 1.37 bits per heavy atom. The number of hydrogen-bond acceptors (Lipinski definition) is 1. The third-order valence-electron chi connectivity index (χ3n) is 6.79. The van der Waals surface area contributed by atoms with Gasteiger partial charge in [-0.3, -0.25) is 4.79 Å². The van der Waals surface area contributed by atoms with E-state index in [1.54, 1.807) is 5.57 Å². The minimum absolute atomic E-state index is 0.216. The van der Waals surface area contributed by atoms with Crippen LogP contribution in [0.1, 0.15) is 45.4 Å². The van der Waals surface area contributed by atoms with Gasteiger partial charge in [-0.05, 0) is 36.7 Å². The Kier molecular flexibility index (Phi) is 2.38. The second kappa shape index (κ2) is 3.72. The van der Waals surface area contributed by atoms with Crippen molar-refractivity contribution in [3.63, 3.8) is 0 Å². The molecule has 4 rings (SSSR count). The summed E-state index contributed by atoms with van der Waals surface area (Å²) in [6, 6.07) is 0. The first-order valence-electron chi connectivity index (χ1n) is 8.15. The van der Waals surface area contributed by atoms with Crippen molar-refractivity contribution in [2.24, 2.45) is 17.8 Å². The Balaban J connectivity index is 1.93. The molecule has 0 aromatic rings. The number of piperidine rings is 1. The standard InChI is InChI=1S/C17H26NO/c1-12-9-13-10-16(19)15-6-4-8-18(2)7-3-5-14(13)17(15,18)11-12/h5,12-13,15H,3-4,6-11H2,1-2H3/q+1/t12-,13-,15-,17+,18?/m1/s1. The molecule has 104 valence electrons. The number of quaternary nitrogens is 1. The second-order valence-corrected chi connectivity index (χ2v) is 7.82. The van der Waals surface area contributed by atoms with Crippen LogP contribution in [-0.4, -0.2) is 35.9 Å². The molecule has 2 saturated carbocycles. The Morgan fingerprint density at radius 3 is 3.05 bits per heavy atom. The molecule has 5 atom stereocenters. The molecular formula is C17H26NO+. The highest BCUT2D eigenvalue weighted by Crippen LogP contribution is 2.59. The lowest BCUT2D eigenvalue weighted by molar-refractivity contribution is -0.965. The van der Waals surface area contributed by atoms with E-state index in [1.165, 1.54) is 43.3 Å². The molecule has 0 aromatic carbocycles. The van der Waals surface area contributed by atoms with E-state index in [1.807, 2.05) is 0 Å². The van der Waals surface area contributed by atoms with E-state index in [0.717, 1.165) is 18.8 Å². The molecule has 2 aliphatic carbocycles. The lowest BCUT2D eigenvalue weighted by atomic mass is 9.51. The first kappa shape index (κ1) is 12.1. The van der Waals surface area contributed by atoms with Crippen molar-refractivity contribution in [2.75, 3.05) is 20.1 Å². The zero-order chi connectivity index (χ0) is 13.3. The van der Waals surface area contributed by atoms with E-state index in [0.29, 0.717) is 17.6 Å². The van der Waals surface area contributed by atoms with Crippen LogP contribution in [0.15, 0.2) is 11.6 Å². The molecule has 0 aromatic heterocycles. The highest BCUT2D eigenvalue weighted by molar-refractivity contribution is 5.85. The van der Waals surface area contributed by atoms with Crippen molar-refractivity contribution >= 4 is 5.78 Å². The quantitative estimate of drug-likeness (QED) is 0.483. The van der Waals surface area contributed by atoms with Gasteiger partial charge in [0.2, 0.25) is 0 Å². The fourth-order valence-electron chi connectivity index (χ4n) is 6.20. The summed E-state index contributed by atoms with van der Waals surface area (Å²) >= 11 is 0. The fraction of sp³-hybridized carbons (Fsp3) is 0.824. The second-order valence-electron chi connectivity index (χ2n) is 7.82. The third-order valence-corrected chi connectivity index (χ3v) is 6.79. The molecule has 2 heteroatoms. The zero-order valence-electron chi connectivity index (χ0n) is 12.3. The van der Waals surface area contributed by atoms with Crippen LogP contribution >= 0.6 is 0 Å². The van der Waals surface area contributed by atoms with Crippen LogP contribution in [0.5, 0.6) is 0 Å². The average molecular weight is 260 g/mol. The molecule has 4 aliphatic rings. The van der Waals surface area contributed by atoms with Crippen LogP contribution in [0.3, 0.4) is 0 Å². The van der Waals surface area contributed by atoms with Crippen LogP contribution in [-0.2, 0) is 4.79 Å². The number of hydrogen-bond donors (Lipinski definition) is 0. The van der Waals surface area contributed by atoms with Crippen molar-refractivity contribution < 1.29 is 9.28 Å². The zero-order valence-corrected chi connectivity index (χ0v) is 12.3. The van der Waals surface area contributed by atoms with E-state index >= 15 is 0 Å². The number of ketones is 1. The molecule has 0 radical (unpaired) electrons. The third kappa shape index (κ3) is 1.34. The Hall–Kier alpha value is -0.630. The Morgan fingerprint density at radius 2 is 2.21 bits per heavy atom. The van der Waals surface area contributed by atoms with Gasteiger partial charge in [-0.1, -0.05) is 13.0 Å². The van der Waals surface area contributed by atoms with Gasteiger partial charge in [-0.2, -0.15) is 0 Å². The van der Waals surface area contributed by atoms with Gasteiger partial charge in [0.05, 0.1) is 26.1 Å². The molecule has 2 bridgehead atoms. The van der Waals surface area contributed by atoms with Crippen molar-refractivity contribution in [3.8, 4) is 0 Å². The molecule has 1 spiro atoms. The first-order chi connectivity index (χ1) is 9.07. The molecule has 2 aliphatic heterocycles. The van der Waals surface area contributed by atoms with Gasteiger partial charge in [0.25, 0.3) is 0 Å². The number of likely N-dealkylation sites (N-methyl/N-ethyl adjacent to an activating group) is 1. The van der Waals surface area contributed by atoms with E-state index in [2.05, 4.69) is 20.0 Å². The molecule has 2 heterocycles. The number of nitrogens with zero attached hydrogens (tertiary/aromatic N) is 1.